The highest BCUT2D eigenvalue weighted by atomic mass is 16.7. The molecular formula is C73H137NO13. The Balaban J connectivity index is 1.51. The Kier molecular flexibility index (Phi) is 54.3. The summed E-state index contributed by atoms with van der Waals surface area (Å²) in [5, 5.41) is 87.4. The molecule has 2 fully saturated rings. The molecule has 12 atom stereocenters. The molecule has 2 heterocycles. The lowest BCUT2D eigenvalue weighted by Crippen LogP contribution is -2.65. The summed E-state index contributed by atoms with van der Waals surface area (Å²) in [6.45, 7) is 2.87. The first-order chi connectivity index (χ1) is 42.6. The quantitative estimate of drug-likeness (QED) is 0.0204. The molecule has 87 heavy (non-hydrogen) atoms. The number of allylic oxidation sites excluding steroid dienone is 6. The van der Waals surface area contributed by atoms with Gasteiger partial charge in [0, 0.05) is 6.42 Å². The minimum atomic E-state index is -1.78. The summed E-state index contributed by atoms with van der Waals surface area (Å²) in [4.78, 5) is 13.3. The zero-order chi connectivity index (χ0) is 63.1. The van der Waals surface area contributed by atoms with Crippen LogP contribution in [0, 0.1) is 0 Å². The van der Waals surface area contributed by atoms with Crippen LogP contribution in [-0.2, 0) is 23.7 Å². The van der Waals surface area contributed by atoms with E-state index >= 15 is 0 Å². The zero-order valence-electron chi connectivity index (χ0n) is 55.8. The molecule has 0 spiro atoms. The van der Waals surface area contributed by atoms with Crippen LogP contribution in [0.3, 0.4) is 0 Å². The number of aliphatic hydroxyl groups excluding tert-OH is 8. The van der Waals surface area contributed by atoms with Crippen LogP contribution in [0.1, 0.15) is 328 Å². The zero-order valence-corrected chi connectivity index (χ0v) is 55.8. The van der Waals surface area contributed by atoms with Crippen LogP contribution >= 0.6 is 0 Å². The van der Waals surface area contributed by atoms with E-state index < -0.39 is 86.8 Å². The maximum absolute atomic E-state index is 13.3. The van der Waals surface area contributed by atoms with Gasteiger partial charge in [0.25, 0.3) is 0 Å². The highest BCUT2D eigenvalue weighted by Crippen LogP contribution is 2.30. The molecule has 0 aromatic heterocycles. The van der Waals surface area contributed by atoms with Gasteiger partial charge in [-0.3, -0.25) is 4.79 Å². The van der Waals surface area contributed by atoms with Crippen molar-refractivity contribution in [2.75, 3.05) is 19.8 Å². The first-order valence-corrected chi connectivity index (χ1v) is 36.7. The largest absolute Gasteiger partial charge is 0.394 e. The van der Waals surface area contributed by atoms with Gasteiger partial charge in [-0.05, 0) is 51.4 Å². The highest BCUT2D eigenvalue weighted by molar-refractivity contribution is 5.76. The van der Waals surface area contributed by atoms with Gasteiger partial charge in [0.05, 0.1) is 32.0 Å². The van der Waals surface area contributed by atoms with E-state index in [1.54, 1.807) is 0 Å². The topological polar surface area (TPSA) is 228 Å². The molecule has 2 aliphatic heterocycles. The van der Waals surface area contributed by atoms with Crippen molar-refractivity contribution in [1.29, 1.82) is 0 Å². The number of hydrogen-bond donors (Lipinski definition) is 9. The molecule has 2 rings (SSSR count). The van der Waals surface area contributed by atoms with Crippen molar-refractivity contribution in [1.82, 2.24) is 5.32 Å². The van der Waals surface area contributed by atoms with Gasteiger partial charge in [0.2, 0.25) is 5.91 Å². The maximum atomic E-state index is 13.3. The predicted molar refractivity (Wildman–Crippen MR) is 355 cm³/mol. The monoisotopic (exact) mass is 1240 g/mol. The Bertz CT molecular complexity index is 1600. The van der Waals surface area contributed by atoms with Gasteiger partial charge in [-0.1, -0.05) is 307 Å². The SMILES string of the molecule is CCCCCCC/C=C\C/C=C\C/C=C\CCCCCCCCCCCCCCCCCCCCCCCCCCCCC(=O)NC(COC1OC(CO)C(OC2OC(CO)C(O)C(O)C2O)C(O)C1O)C(O)CCCCCCCCCCCCCC. The second-order valence-electron chi connectivity index (χ2n) is 26.1. The van der Waals surface area contributed by atoms with Crippen molar-refractivity contribution < 1.29 is 64.6 Å². The Labute approximate surface area is 531 Å². The first-order valence-electron chi connectivity index (χ1n) is 36.7. The summed E-state index contributed by atoms with van der Waals surface area (Å²) in [7, 11) is 0. The van der Waals surface area contributed by atoms with Crippen molar-refractivity contribution in [3.63, 3.8) is 0 Å². The molecule has 512 valence electrons. The summed E-state index contributed by atoms with van der Waals surface area (Å²) >= 11 is 0. The summed E-state index contributed by atoms with van der Waals surface area (Å²) in [5.74, 6) is -0.201. The van der Waals surface area contributed by atoms with Gasteiger partial charge < -0.3 is 65.1 Å². The molecule has 0 aromatic carbocycles. The first kappa shape index (κ1) is 81.3. The van der Waals surface area contributed by atoms with Gasteiger partial charge in [-0.2, -0.15) is 0 Å². The van der Waals surface area contributed by atoms with E-state index in [1.165, 1.54) is 238 Å². The summed E-state index contributed by atoms with van der Waals surface area (Å²) in [6.07, 6.45) is 57.8. The average molecular weight is 1240 g/mol. The number of ether oxygens (including phenoxy) is 4. The molecule has 0 aliphatic carbocycles. The van der Waals surface area contributed by atoms with Crippen molar-refractivity contribution >= 4 is 5.91 Å². The van der Waals surface area contributed by atoms with Gasteiger partial charge >= 0.3 is 0 Å². The number of hydrogen-bond acceptors (Lipinski definition) is 13. The fraction of sp³-hybridized carbons (Fsp3) is 0.904. The Hall–Kier alpha value is -1.79. The summed E-state index contributed by atoms with van der Waals surface area (Å²) < 4.78 is 22.9. The summed E-state index contributed by atoms with van der Waals surface area (Å²) in [5.41, 5.74) is 0. The normalized spacial score (nSPS) is 23.4. The van der Waals surface area contributed by atoms with Crippen LogP contribution in [0.2, 0.25) is 0 Å². The Morgan fingerprint density at radius 1 is 0.414 bits per heavy atom. The van der Waals surface area contributed by atoms with Gasteiger partial charge in [-0.15, -0.1) is 0 Å². The number of rotatable bonds is 61. The Morgan fingerprint density at radius 3 is 1.16 bits per heavy atom. The second-order valence-corrected chi connectivity index (χ2v) is 26.1. The van der Waals surface area contributed by atoms with E-state index in [9.17, 15) is 45.6 Å². The number of unbranched alkanes of at least 4 members (excludes halogenated alkanes) is 42. The number of carbonyl (C=O) groups is 1. The molecule has 14 heteroatoms. The van der Waals surface area contributed by atoms with E-state index in [1.807, 2.05) is 0 Å². The van der Waals surface area contributed by atoms with Crippen LogP contribution in [0.4, 0.5) is 0 Å². The van der Waals surface area contributed by atoms with E-state index in [2.05, 4.69) is 55.6 Å². The van der Waals surface area contributed by atoms with E-state index in [-0.39, 0.29) is 12.5 Å². The molecule has 0 radical (unpaired) electrons. The molecule has 12 unspecified atom stereocenters. The third-order valence-corrected chi connectivity index (χ3v) is 18.1. The standard InChI is InChI=1S/C73H137NO13/c1-3-5-7-9-11-13-15-17-18-19-20-21-22-23-24-25-26-27-28-29-30-31-32-33-34-35-36-37-38-39-40-41-42-43-44-45-47-49-51-53-55-57-65(78)74-61(62(77)56-54-52-50-48-46-16-14-12-10-8-6-4-2)60-84-72-70(83)68(81)71(64(59-76)86-72)87-73-69(82)67(80)66(79)63(58-75)85-73/h15,17,19-20,22-23,61-64,66-73,75-77,79-83H,3-14,16,18,21,24-60H2,1-2H3,(H,74,78)/b17-15-,20-19-,23-22-. The van der Waals surface area contributed by atoms with Crippen LogP contribution < -0.4 is 5.32 Å². The number of amides is 1. The second kappa shape index (κ2) is 58.1. The molecule has 0 bridgehead atoms. The van der Waals surface area contributed by atoms with Crippen LogP contribution in [0.25, 0.3) is 0 Å². The van der Waals surface area contributed by atoms with Crippen molar-refractivity contribution in [2.24, 2.45) is 0 Å². The van der Waals surface area contributed by atoms with E-state index in [0.29, 0.717) is 12.8 Å². The average Bonchev–Trinajstić information content (AvgIpc) is 2.31. The molecule has 14 nitrogen and oxygen atoms in total. The smallest absolute Gasteiger partial charge is 0.220 e. The van der Waals surface area contributed by atoms with Crippen molar-refractivity contribution in [2.45, 2.75) is 402 Å². The van der Waals surface area contributed by atoms with Gasteiger partial charge in [0.15, 0.2) is 12.6 Å². The van der Waals surface area contributed by atoms with Crippen LogP contribution in [-0.4, -0.2) is 140 Å². The number of aliphatic hydroxyl groups is 8. The lowest BCUT2D eigenvalue weighted by molar-refractivity contribution is -0.359. The molecular weight excluding hydrogens is 1100 g/mol. The maximum Gasteiger partial charge on any atom is 0.220 e. The Morgan fingerprint density at radius 2 is 0.759 bits per heavy atom. The minimum absolute atomic E-state index is 0.201. The van der Waals surface area contributed by atoms with Crippen LogP contribution in [0.5, 0.6) is 0 Å². The number of carbonyl (C=O) groups excluding carboxylic acids is 1. The predicted octanol–water partition coefficient (Wildman–Crippen LogP) is 15.3. The molecule has 0 aromatic rings. The fourth-order valence-electron chi connectivity index (χ4n) is 12.2. The molecule has 0 saturated carbocycles. The molecule has 9 N–H and O–H groups in total. The van der Waals surface area contributed by atoms with E-state index in [4.69, 9.17) is 18.9 Å². The van der Waals surface area contributed by atoms with Gasteiger partial charge in [0.1, 0.15) is 48.8 Å². The van der Waals surface area contributed by atoms with Gasteiger partial charge in [-0.25, -0.2) is 0 Å². The van der Waals surface area contributed by atoms with E-state index in [0.717, 1.165) is 64.2 Å². The third-order valence-electron chi connectivity index (χ3n) is 18.1. The van der Waals surface area contributed by atoms with Crippen LogP contribution in [0.15, 0.2) is 36.5 Å². The van der Waals surface area contributed by atoms with Crippen molar-refractivity contribution in [3.05, 3.63) is 36.5 Å². The molecule has 2 saturated heterocycles. The lowest BCUT2D eigenvalue weighted by Gasteiger charge is -2.46. The summed E-state index contributed by atoms with van der Waals surface area (Å²) in [6, 6.07) is -0.825. The van der Waals surface area contributed by atoms with Crippen molar-refractivity contribution in [3.8, 4) is 0 Å². The fourth-order valence-corrected chi connectivity index (χ4v) is 12.2. The third kappa shape index (κ3) is 42.1. The number of nitrogens with one attached hydrogen (secondary N) is 1. The molecule has 2 aliphatic rings. The minimum Gasteiger partial charge on any atom is -0.394 e. The lowest BCUT2D eigenvalue weighted by atomic mass is 9.97. The highest BCUT2D eigenvalue weighted by Gasteiger charge is 2.51. The molecule has 1 amide bonds.